The fraction of sp³-hybridized carbons (Fsp3) is 0.429. The summed E-state index contributed by atoms with van der Waals surface area (Å²) < 4.78 is 5.29. The molecule has 1 amide bonds. The van der Waals surface area contributed by atoms with Gasteiger partial charge in [-0.05, 0) is 56.9 Å². The van der Waals surface area contributed by atoms with Gasteiger partial charge in [-0.1, -0.05) is 68.5 Å². The van der Waals surface area contributed by atoms with Crippen LogP contribution in [0.15, 0.2) is 53.5 Å². The lowest BCUT2D eigenvalue weighted by molar-refractivity contribution is 0.0538. The van der Waals surface area contributed by atoms with Crippen molar-refractivity contribution >= 4 is 35.8 Å². The summed E-state index contributed by atoms with van der Waals surface area (Å²) >= 11 is 1.71. The molecule has 2 rings (SSSR count). The van der Waals surface area contributed by atoms with E-state index in [2.05, 4.69) is 73.8 Å². The van der Waals surface area contributed by atoms with Crippen LogP contribution < -0.4 is 15.8 Å². The van der Waals surface area contributed by atoms with Crippen LogP contribution in [-0.2, 0) is 17.6 Å². The first kappa shape index (κ1) is 26.7. The Morgan fingerprint density at radius 2 is 1.88 bits per heavy atom. The second-order valence-corrected chi connectivity index (χ2v) is 10.5. The molecule has 0 saturated heterocycles. The molecule has 1 unspecified atom stereocenters. The van der Waals surface area contributed by atoms with E-state index in [1.165, 1.54) is 21.6 Å². The number of thioether (sulfide) groups is 1. The highest BCUT2D eigenvalue weighted by molar-refractivity contribution is 7.99. The summed E-state index contributed by atoms with van der Waals surface area (Å²) in [4.78, 5) is 16.5. The summed E-state index contributed by atoms with van der Waals surface area (Å²) in [6.07, 6.45) is 6.47. The fourth-order valence-corrected chi connectivity index (χ4v) is 4.33. The average molecular weight is 467 g/mol. The van der Waals surface area contributed by atoms with Crippen molar-refractivity contribution in [1.82, 2.24) is 5.32 Å². The van der Waals surface area contributed by atoms with Crippen LogP contribution in [0.5, 0.6) is 0 Å². The van der Waals surface area contributed by atoms with E-state index in [1.807, 2.05) is 33.9 Å². The highest BCUT2D eigenvalue weighted by Gasteiger charge is 2.16. The molecule has 178 valence electrons. The van der Waals surface area contributed by atoms with Crippen molar-refractivity contribution in [1.29, 1.82) is 0 Å². The molecular weight excluding hydrogens is 428 g/mol. The Morgan fingerprint density at radius 3 is 2.58 bits per heavy atom. The second kappa shape index (κ2) is 13.2. The summed E-state index contributed by atoms with van der Waals surface area (Å²) in [6.45, 7) is 11.9. The molecule has 0 spiro atoms. The van der Waals surface area contributed by atoms with Crippen LogP contribution in [0.1, 0.15) is 59.1 Å². The third-order valence-corrected chi connectivity index (χ3v) is 5.90. The lowest BCUT2D eigenvalue weighted by atomic mass is 10.0. The van der Waals surface area contributed by atoms with Gasteiger partial charge in [-0.3, -0.25) is 4.99 Å². The Bertz CT molecular complexity index is 1050. The molecule has 0 aliphatic heterocycles. The number of amides is 1. The van der Waals surface area contributed by atoms with Crippen LogP contribution in [0.4, 0.5) is 4.79 Å². The van der Waals surface area contributed by atoms with Crippen LogP contribution in [0.2, 0.25) is 0 Å². The van der Waals surface area contributed by atoms with E-state index in [0.717, 1.165) is 25.0 Å². The van der Waals surface area contributed by atoms with Crippen molar-refractivity contribution in [2.24, 2.45) is 4.99 Å². The molecule has 4 nitrogen and oxygen atoms in total. The topological polar surface area (TPSA) is 50.7 Å². The van der Waals surface area contributed by atoms with Crippen LogP contribution in [-0.4, -0.2) is 29.0 Å². The molecule has 0 aromatic heterocycles. The van der Waals surface area contributed by atoms with Gasteiger partial charge < -0.3 is 10.1 Å². The third-order valence-electron chi connectivity index (χ3n) is 4.85. The van der Waals surface area contributed by atoms with E-state index < -0.39 is 5.60 Å². The molecule has 0 bridgehead atoms. The summed E-state index contributed by atoms with van der Waals surface area (Å²) in [7, 11) is 0. The Morgan fingerprint density at radius 1 is 1.15 bits per heavy atom. The van der Waals surface area contributed by atoms with Gasteiger partial charge in [0.2, 0.25) is 0 Å². The van der Waals surface area contributed by atoms with Crippen LogP contribution in [0, 0.1) is 0 Å². The third kappa shape index (κ3) is 9.87. The maximum Gasteiger partial charge on any atom is 0.408 e. The SMILES string of the molecule is CC=N/C(Cc1cccc(CC(C)SCNC(=O)OC(C)(C)C)c1)=c1/cccc/c1=C\CC. The molecule has 1 atom stereocenters. The monoisotopic (exact) mass is 466 g/mol. The van der Waals surface area contributed by atoms with E-state index >= 15 is 0 Å². The van der Waals surface area contributed by atoms with E-state index in [4.69, 9.17) is 9.73 Å². The molecule has 0 radical (unpaired) electrons. The standard InChI is InChI=1S/C28H38N2O2S/c1-7-12-24-15-9-10-16-25(24)26(29-8-2)19-23-14-11-13-22(18-23)17-21(3)33-20-30-27(31)32-28(4,5)6/h8-16,18,21H,7,17,19-20H2,1-6H3,(H,30,31)/b24-12+,26-25-,29-8?. The zero-order valence-corrected chi connectivity index (χ0v) is 21.7. The number of hydrogen-bond acceptors (Lipinski definition) is 4. The number of hydrogen-bond donors (Lipinski definition) is 1. The average Bonchev–Trinajstić information content (AvgIpc) is 2.73. The van der Waals surface area contributed by atoms with E-state index in [0.29, 0.717) is 11.1 Å². The van der Waals surface area contributed by atoms with E-state index in [9.17, 15) is 4.79 Å². The molecule has 0 aliphatic carbocycles. The number of aliphatic imine (C=N–C) groups is 1. The summed E-state index contributed by atoms with van der Waals surface area (Å²) in [5.41, 5.74) is 3.15. The maximum atomic E-state index is 11.8. The van der Waals surface area contributed by atoms with Crippen LogP contribution in [0.25, 0.3) is 11.8 Å². The number of benzene rings is 2. The number of nitrogens with zero attached hydrogens (tertiary/aromatic N) is 1. The first-order chi connectivity index (χ1) is 15.7. The molecule has 0 aliphatic rings. The van der Waals surface area contributed by atoms with Gasteiger partial charge in [0.15, 0.2) is 0 Å². The first-order valence-corrected chi connectivity index (χ1v) is 12.7. The quantitative estimate of drug-likeness (QED) is 0.394. The van der Waals surface area contributed by atoms with Crippen LogP contribution >= 0.6 is 11.8 Å². The number of carbonyl (C=O) groups excluding carboxylic acids is 1. The molecule has 1 N–H and O–H groups in total. The Labute approximate surface area is 203 Å². The largest absolute Gasteiger partial charge is 0.444 e. The zero-order chi connectivity index (χ0) is 24.3. The lowest BCUT2D eigenvalue weighted by Gasteiger charge is -2.20. The Kier molecular flexibility index (Phi) is 10.7. The van der Waals surface area contributed by atoms with Gasteiger partial charge in [0.05, 0.1) is 11.6 Å². The minimum atomic E-state index is -0.479. The van der Waals surface area contributed by atoms with Crippen LogP contribution in [0.3, 0.4) is 0 Å². The van der Waals surface area contributed by atoms with Gasteiger partial charge in [-0.25, -0.2) is 4.79 Å². The summed E-state index contributed by atoms with van der Waals surface area (Å²) in [5, 5.41) is 5.62. The summed E-state index contributed by atoms with van der Waals surface area (Å²) in [5.74, 6) is 0.531. The van der Waals surface area contributed by atoms with Gasteiger partial charge in [-0.15, -0.1) is 11.8 Å². The number of rotatable bonds is 9. The number of carbonyl (C=O) groups is 1. The normalized spacial score (nSPS) is 14.3. The van der Waals surface area contributed by atoms with Crippen molar-refractivity contribution in [3.63, 3.8) is 0 Å². The highest BCUT2D eigenvalue weighted by Crippen LogP contribution is 2.18. The van der Waals surface area contributed by atoms with Crippen molar-refractivity contribution in [3.05, 3.63) is 70.1 Å². The molecular formula is C28H38N2O2S. The van der Waals surface area contributed by atoms with Gasteiger partial charge >= 0.3 is 6.09 Å². The smallest absolute Gasteiger partial charge is 0.408 e. The van der Waals surface area contributed by atoms with E-state index in [-0.39, 0.29) is 6.09 Å². The summed E-state index contributed by atoms with van der Waals surface area (Å²) in [6, 6.07) is 17.2. The molecule has 33 heavy (non-hydrogen) atoms. The Hall–Kier alpha value is -2.53. The van der Waals surface area contributed by atoms with Crippen molar-refractivity contribution in [2.75, 3.05) is 5.88 Å². The van der Waals surface area contributed by atoms with Gasteiger partial charge in [-0.2, -0.15) is 0 Å². The predicted molar refractivity (Wildman–Crippen MR) is 143 cm³/mol. The van der Waals surface area contributed by atoms with Gasteiger partial charge in [0.1, 0.15) is 5.60 Å². The lowest BCUT2D eigenvalue weighted by Crippen LogP contribution is -2.32. The number of nitrogens with one attached hydrogen (secondary N) is 1. The zero-order valence-electron chi connectivity index (χ0n) is 20.9. The molecule has 0 fully saturated rings. The highest BCUT2D eigenvalue weighted by atomic mass is 32.2. The number of alkyl carbamates (subject to hydrolysis) is 1. The second-order valence-electron chi connectivity index (χ2n) is 9.03. The minimum absolute atomic E-state index is 0.368. The van der Waals surface area contributed by atoms with Gasteiger partial charge in [0, 0.05) is 23.1 Å². The van der Waals surface area contributed by atoms with E-state index in [1.54, 1.807) is 11.8 Å². The van der Waals surface area contributed by atoms with Crippen molar-refractivity contribution < 1.29 is 9.53 Å². The fourth-order valence-electron chi connectivity index (χ4n) is 3.53. The molecule has 0 saturated carbocycles. The number of ether oxygens (including phenoxy) is 1. The molecule has 5 heteroatoms. The predicted octanol–water partition coefficient (Wildman–Crippen LogP) is 5.47. The first-order valence-electron chi connectivity index (χ1n) is 11.6. The van der Waals surface area contributed by atoms with Gasteiger partial charge in [0.25, 0.3) is 0 Å². The molecule has 2 aromatic rings. The van der Waals surface area contributed by atoms with Crippen molar-refractivity contribution in [2.45, 2.75) is 71.7 Å². The van der Waals surface area contributed by atoms with Crippen molar-refractivity contribution in [3.8, 4) is 0 Å². The Balaban J connectivity index is 2.08. The minimum Gasteiger partial charge on any atom is -0.444 e. The molecule has 2 aromatic carbocycles. The molecule has 0 heterocycles. The maximum absolute atomic E-state index is 11.8.